The number of nitrogens with one attached hydrogen (secondary N) is 2. The van der Waals surface area contributed by atoms with E-state index in [1.807, 2.05) is 0 Å². The van der Waals surface area contributed by atoms with E-state index in [-0.39, 0.29) is 17.6 Å². The van der Waals surface area contributed by atoms with Crippen molar-refractivity contribution in [3.8, 4) is 0 Å². The highest BCUT2D eigenvalue weighted by Gasteiger charge is 2.10. The number of hydrogen-bond acceptors (Lipinski definition) is 4. The first kappa shape index (κ1) is 14.5. The zero-order chi connectivity index (χ0) is 16.1. The minimum Gasteiger partial charge on any atom is -0.459 e. The Morgan fingerprint density at radius 2 is 1.65 bits per heavy atom. The highest BCUT2D eigenvalue weighted by atomic mass is 16.3. The number of carbonyl (C=O) groups is 2. The summed E-state index contributed by atoms with van der Waals surface area (Å²) in [5.74, 6) is -0.368. The van der Waals surface area contributed by atoms with Crippen LogP contribution in [0.1, 0.15) is 20.9 Å². The fourth-order valence-electron chi connectivity index (χ4n) is 1.95. The van der Waals surface area contributed by atoms with Crippen LogP contribution in [-0.4, -0.2) is 16.8 Å². The molecule has 3 aromatic rings. The molecule has 0 aliphatic heterocycles. The van der Waals surface area contributed by atoms with Crippen molar-refractivity contribution in [1.29, 1.82) is 0 Å². The van der Waals surface area contributed by atoms with Crippen LogP contribution in [0.5, 0.6) is 0 Å². The molecule has 6 nitrogen and oxygen atoms in total. The first-order valence-corrected chi connectivity index (χ1v) is 6.89. The Bertz CT molecular complexity index is 797. The number of pyridine rings is 1. The minimum absolute atomic E-state index is 0.225. The van der Waals surface area contributed by atoms with E-state index in [0.717, 1.165) is 0 Å². The van der Waals surface area contributed by atoms with Crippen molar-refractivity contribution in [3.63, 3.8) is 0 Å². The van der Waals surface area contributed by atoms with Crippen molar-refractivity contribution in [2.24, 2.45) is 0 Å². The van der Waals surface area contributed by atoms with Crippen molar-refractivity contribution in [2.45, 2.75) is 0 Å². The first-order chi connectivity index (χ1) is 11.2. The molecular weight excluding hydrogens is 294 g/mol. The van der Waals surface area contributed by atoms with Gasteiger partial charge in [-0.2, -0.15) is 0 Å². The van der Waals surface area contributed by atoms with Gasteiger partial charge in [0.15, 0.2) is 5.76 Å². The van der Waals surface area contributed by atoms with Gasteiger partial charge in [-0.15, -0.1) is 0 Å². The van der Waals surface area contributed by atoms with Crippen LogP contribution in [0.2, 0.25) is 0 Å². The molecule has 2 heterocycles. The summed E-state index contributed by atoms with van der Waals surface area (Å²) in [5.41, 5.74) is 1.67. The molecule has 0 aliphatic carbocycles. The van der Waals surface area contributed by atoms with Crippen molar-refractivity contribution in [1.82, 2.24) is 4.98 Å². The number of aromatic nitrogens is 1. The number of anilines is 2. The first-order valence-electron chi connectivity index (χ1n) is 6.89. The van der Waals surface area contributed by atoms with Crippen LogP contribution in [0.25, 0.3) is 0 Å². The maximum absolute atomic E-state index is 12.1. The molecule has 0 bridgehead atoms. The Kier molecular flexibility index (Phi) is 4.15. The number of hydrogen-bond donors (Lipinski definition) is 2. The van der Waals surface area contributed by atoms with Crippen LogP contribution in [-0.2, 0) is 0 Å². The van der Waals surface area contributed by atoms with Gasteiger partial charge in [-0.05, 0) is 48.5 Å². The van der Waals surface area contributed by atoms with Gasteiger partial charge in [0.1, 0.15) is 0 Å². The Balaban J connectivity index is 1.65. The minimum atomic E-state index is -0.345. The predicted octanol–water partition coefficient (Wildman–Crippen LogP) is 3.18. The van der Waals surface area contributed by atoms with Crippen LogP contribution >= 0.6 is 0 Å². The van der Waals surface area contributed by atoms with E-state index in [9.17, 15) is 9.59 Å². The molecule has 3 rings (SSSR count). The van der Waals surface area contributed by atoms with Gasteiger partial charge in [0, 0.05) is 17.4 Å². The number of amides is 2. The monoisotopic (exact) mass is 307 g/mol. The topological polar surface area (TPSA) is 84.2 Å². The fraction of sp³-hybridized carbons (Fsp3) is 0. The Morgan fingerprint density at radius 3 is 2.30 bits per heavy atom. The van der Waals surface area contributed by atoms with E-state index >= 15 is 0 Å². The second-order valence-corrected chi connectivity index (χ2v) is 4.70. The maximum atomic E-state index is 12.1. The number of rotatable bonds is 4. The number of carbonyl (C=O) groups excluding carboxylic acids is 2. The molecule has 0 radical (unpaired) electrons. The van der Waals surface area contributed by atoms with E-state index in [4.69, 9.17) is 4.42 Å². The standard InChI is InChI=1S/C17H13N3O3/c21-16(20-14-3-1-9-18-11-14)12-5-7-13(8-6-12)19-17(22)15-4-2-10-23-15/h1-11H,(H,19,22)(H,20,21). The summed E-state index contributed by atoms with van der Waals surface area (Å²) in [4.78, 5) is 27.9. The lowest BCUT2D eigenvalue weighted by atomic mass is 10.2. The molecule has 114 valence electrons. The van der Waals surface area contributed by atoms with Gasteiger partial charge in [0.05, 0.1) is 18.1 Å². The van der Waals surface area contributed by atoms with Gasteiger partial charge in [-0.25, -0.2) is 0 Å². The van der Waals surface area contributed by atoms with Crippen molar-refractivity contribution >= 4 is 23.2 Å². The van der Waals surface area contributed by atoms with E-state index in [1.54, 1.807) is 60.9 Å². The van der Waals surface area contributed by atoms with Crippen LogP contribution in [0.4, 0.5) is 11.4 Å². The summed E-state index contributed by atoms with van der Waals surface area (Å²) in [5, 5.41) is 5.42. The molecular formula is C17H13N3O3. The van der Waals surface area contributed by atoms with E-state index in [2.05, 4.69) is 15.6 Å². The van der Waals surface area contributed by atoms with E-state index < -0.39 is 0 Å². The molecule has 0 fully saturated rings. The lowest BCUT2D eigenvalue weighted by Crippen LogP contribution is -2.13. The smallest absolute Gasteiger partial charge is 0.291 e. The molecule has 23 heavy (non-hydrogen) atoms. The molecule has 0 aliphatic rings. The Hall–Kier alpha value is -3.41. The lowest BCUT2D eigenvalue weighted by Gasteiger charge is -2.06. The molecule has 2 N–H and O–H groups in total. The number of benzene rings is 1. The SMILES string of the molecule is O=C(Nc1cccnc1)c1ccc(NC(=O)c2ccco2)cc1. The Morgan fingerprint density at radius 1 is 0.870 bits per heavy atom. The third kappa shape index (κ3) is 3.62. The molecule has 0 atom stereocenters. The summed E-state index contributed by atoms with van der Waals surface area (Å²) in [6.45, 7) is 0. The maximum Gasteiger partial charge on any atom is 0.291 e. The van der Waals surface area contributed by atoms with Gasteiger partial charge in [0.25, 0.3) is 11.8 Å². The summed E-state index contributed by atoms with van der Waals surface area (Å²) in [7, 11) is 0. The number of furan rings is 1. The molecule has 0 spiro atoms. The van der Waals surface area contributed by atoms with Crippen LogP contribution < -0.4 is 10.6 Å². The van der Waals surface area contributed by atoms with E-state index in [1.165, 1.54) is 6.26 Å². The van der Waals surface area contributed by atoms with Gasteiger partial charge in [0.2, 0.25) is 0 Å². The van der Waals surface area contributed by atoms with Crippen LogP contribution in [0.15, 0.2) is 71.6 Å². The van der Waals surface area contributed by atoms with Gasteiger partial charge in [-0.1, -0.05) is 0 Å². The molecule has 2 amide bonds. The third-order valence-electron chi connectivity index (χ3n) is 3.07. The largest absolute Gasteiger partial charge is 0.459 e. The third-order valence-corrected chi connectivity index (χ3v) is 3.07. The van der Waals surface area contributed by atoms with Crippen molar-refractivity contribution in [2.75, 3.05) is 10.6 Å². The molecule has 2 aromatic heterocycles. The molecule has 0 saturated heterocycles. The average Bonchev–Trinajstić information content (AvgIpc) is 3.11. The zero-order valence-electron chi connectivity index (χ0n) is 12.0. The van der Waals surface area contributed by atoms with Crippen LogP contribution in [0.3, 0.4) is 0 Å². The van der Waals surface area contributed by atoms with E-state index in [0.29, 0.717) is 16.9 Å². The summed E-state index contributed by atoms with van der Waals surface area (Å²) in [6, 6.07) is 13.3. The Labute approximate surface area is 132 Å². The molecule has 6 heteroatoms. The quantitative estimate of drug-likeness (QED) is 0.775. The summed E-state index contributed by atoms with van der Waals surface area (Å²) >= 11 is 0. The van der Waals surface area contributed by atoms with Crippen molar-refractivity contribution < 1.29 is 14.0 Å². The average molecular weight is 307 g/mol. The van der Waals surface area contributed by atoms with Gasteiger partial charge in [-0.3, -0.25) is 14.6 Å². The molecule has 1 aromatic carbocycles. The zero-order valence-corrected chi connectivity index (χ0v) is 12.0. The van der Waals surface area contributed by atoms with Gasteiger partial charge < -0.3 is 15.1 Å². The van der Waals surface area contributed by atoms with Crippen molar-refractivity contribution in [3.05, 3.63) is 78.5 Å². The molecule has 0 saturated carbocycles. The second-order valence-electron chi connectivity index (χ2n) is 4.70. The highest BCUT2D eigenvalue weighted by molar-refractivity contribution is 6.05. The normalized spacial score (nSPS) is 10.1. The van der Waals surface area contributed by atoms with Crippen LogP contribution in [0, 0.1) is 0 Å². The number of nitrogens with zero attached hydrogens (tertiary/aromatic N) is 1. The summed E-state index contributed by atoms with van der Waals surface area (Å²) in [6.07, 6.45) is 4.63. The fourth-order valence-corrected chi connectivity index (χ4v) is 1.95. The highest BCUT2D eigenvalue weighted by Crippen LogP contribution is 2.13. The predicted molar refractivity (Wildman–Crippen MR) is 85.3 cm³/mol. The second kappa shape index (κ2) is 6.57. The summed E-state index contributed by atoms with van der Waals surface area (Å²) < 4.78 is 5.01. The van der Waals surface area contributed by atoms with Gasteiger partial charge >= 0.3 is 0 Å². The molecule has 0 unspecified atom stereocenters. The lowest BCUT2D eigenvalue weighted by molar-refractivity contribution is 0.0995.